The van der Waals surface area contributed by atoms with E-state index in [0.717, 1.165) is 25.3 Å². The monoisotopic (exact) mass is 226 g/mol. The molecule has 4 heteroatoms. The molecule has 0 bridgehead atoms. The van der Waals surface area contributed by atoms with Crippen molar-refractivity contribution in [2.24, 2.45) is 0 Å². The largest absolute Gasteiger partial charge is 0.382 e. The van der Waals surface area contributed by atoms with Crippen LogP contribution in [0.4, 0.5) is 5.82 Å². The molecule has 4 nitrogen and oxygen atoms in total. The molecule has 2 aromatic rings. The molecule has 0 saturated carbocycles. The molecule has 1 aromatic carbocycles. The molecule has 0 saturated heterocycles. The third-order valence-electron chi connectivity index (χ3n) is 3.02. The Balaban J connectivity index is 1.71. The number of nitrogens with two attached hydrogens (primary N) is 1. The third-order valence-corrected chi connectivity index (χ3v) is 3.02. The van der Waals surface area contributed by atoms with E-state index in [1.165, 1.54) is 11.1 Å². The van der Waals surface area contributed by atoms with E-state index in [1.54, 1.807) is 12.4 Å². The number of anilines is 1. The van der Waals surface area contributed by atoms with Gasteiger partial charge in [0.05, 0.1) is 18.1 Å². The summed E-state index contributed by atoms with van der Waals surface area (Å²) in [6.45, 7) is 2.80. The fraction of sp³-hybridized carbons (Fsp3) is 0.231. The van der Waals surface area contributed by atoms with Crippen molar-refractivity contribution < 1.29 is 0 Å². The number of aromatic nitrogens is 2. The number of benzene rings is 1. The lowest BCUT2D eigenvalue weighted by Gasteiger charge is -2.13. The molecule has 2 N–H and O–H groups in total. The highest BCUT2D eigenvalue weighted by Crippen LogP contribution is 2.23. The Morgan fingerprint density at radius 2 is 1.76 bits per heavy atom. The van der Waals surface area contributed by atoms with Crippen LogP contribution in [-0.2, 0) is 19.6 Å². The van der Waals surface area contributed by atoms with Gasteiger partial charge >= 0.3 is 0 Å². The zero-order valence-corrected chi connectivity index (χ0v) is 9.50. The van der Waals surface area contributed by atoms with Crippen LogP contribution in [0, 0.1) is 0 Å². The number of hydrogen-bond acceptors (Lipinski definition) is 4. The van der Waals surface area contributed by atoms with Gasteiger partial charge in [-0.05, 0) is 11.1 Å². The van der Waals surface area contributed by atoms with Gasteiger partial charge in [0.1, 0.15) is 5.82 Å². The molecule has 17 heavy (non-hydrogen) atoms. The van der Waals surface area contributed by atoms with Crippen LogP contribution in [0.15, 0.2) is 36.7 Å². The second kappa shape index (κ2) is 4.14. The Morgan fingerprint density at radius 3 is 2.35 bits per heavy atom. The van der Waals surface area contributed by atoms with Crippen LogP contribution in [0.1, 0.15) is 16.8 Å². The maximum absolute atomic E-state index is 5.52. The van der Waals surface area contributed by atoms with Gasteiger partial charge in [0.15, 0.2) is 0 Å². The zero-order chi connectivity index (χ0) is 11.7. The molecule has 0 spiro atoms. The molecule has 1 aromatic heterocycles. The number of hydrogen-bond donors (Lipinski definition) is 1. The molecule has 0 fully saturated rings. The van der Waals surface area contributed by atoms with Gasteiger partial charge < -0.3 is 5.73 Å². The van der Waals surface area contributed by atoms with E-state index in [0.29, 0.717) is 5.82 Å². The van der Waals surface area contributed by atoms with E-state index < -0.39 is 0 Å². The summed E-state index contributed by atoms with van der Waals surface area (Å²) in [5.41, 5.74) is 9.31. The van der Waals surface area contributed by atoms with Gasteiger partial charge in [0.2, 0.25) is 0 Å². The van der Waals surface area contributed by atoms with Crippen LogP contribution >= 0.6 is 0 Å². The summed E-state index contributed by atoms with van der Waals surface area (Å²) in [6, 6.07) is 8.55. The lowest BCUT2D eigenvalue weighted by atomic mass is 10.1. The van der Waals surface area contributed by atoms with Gasteiger partial charge in [-0.1, -0.05) is 24.3 Å². The van der Waals surface area contributed by atoms with Crippen molar-refractivity contribution in [2.75, 3.05) is 5.73 Å². The van der Waals surface area contributed by atoms with Crippen LogP contribution in [0.2, 0.25) is 0 Å². The maximum atomic E-state index is 5.52. The van der Waals surface area contributed by atoms with E-state index in [9.17, 15) is 0 Å². The molecule has 0 amide bonds. The molecule has 0 unspecified atom stereocenters. The summed E-state index contributed by atoms with van der Waals surface area (Å²) >= 11 is 0. The quantitative estimate of drug-likeness (QED) is 0.844. The predicted octanol–water partition coefficient (Wildman–Crippen LogP) is 1.57. The van der Waals surface area contributed by atoms with Crippen LogP contribution < -0.4 is 5.73 Å². The van der Waals surface area contributed by atoms with Crippen molar-refractivity contribution in [3.8, 4) is 0 Å². The Kier molecular flexibility index (Phi) is 2.49. The highest BCUT2D eigenvalue weighted by Gasteiger charge is 2.18. The maximum Gasteiger partial charge on any atom is 0.141 e. The molecule has 86 valence electrons. The second-order valence-corrected chi connectivity index (χ2v) is 4.35. The zero-order valence-electron chi connectivity index (χ0n) is 9.50. The average molecular weight is 226 g/mol. The van der Waals surface area contributed by atoms with Crippen molar-refractivity contribution in [3.05, 3.63) is 53.5 Å². The topological polar surface area (TPSA) is 55.0 Å². The molecule has 2 heterocycles. The van der Waals surface area contributed by atoms with Crippen molar-refractivity contribution in [2.45, 2.75) is 19.6 Å². The second-order valence-electron chi connectivity index (χ2n) is 4.35. The van der Waals surface area contributed by atoms with Gasteiger partial charge in [0, 0.05) is 19.6 Å². The van der Waals surface area contributed by atoms with Gasteiger partial charge in [0.25, 0.3) is 0 Å². The fourth-order valence-electron chi connectivity index (χ4n) is 2.19. The summed E-state index contributed by atoms with van der Waals surface area (Å²) in [7, 11) is 0. The minimum atomic E-state index is 0.471. The molecular formula is C13H14N4. The standard InChI is InChI=1S/C13H14N4/c14-13-6-15-12(5-16-13)9-17-7-10-3-1-2-4-11(10)8-17/h1-6H,7-9H2,(H2,14,16). The van der Waals surface area contributed by atoms with E-state index in [4.69, 9.17) is 5.73 Å². The first kappa shape index (κ1) is 10.2. The SMILES string of the molecule is Nc1cnc(CN2Cc3ccccc3C2)cn1. The van der Waals surface area contributed by atoms with Crippen LogP contribution in [-0.4, -0.2) is 14.9 Å². The van der Waals surface area contributed by atoms with Crippen molar-refractivity contribution in [3.63, 3.8) is 0 Å². The predicted molar refractivity (Wildman–Crippen MR) is 65.8 cm³/mol. The Hall–Kier alpha value is -1.94. The first-order chi connectivity index (χ1) is 8.31. The Morgan fingerprint density at radius 1 is 1.06 bits per heavy atom. The van der Waals surface area contributed by atoms with Crippen LogP contribution in [0.25, 0.3) is 0 Å². The summed E-state index contributed by atoms with van der Waals surface area (Å²) in [6.07, 6.45) is 3.36. The number of nitrogen functional groups attached to an aromatic ring is 1. The normalized spacial score (nSPS) is 14.8. The lowest BCUT2D eigenvalue weighted by molar-refractivity contribution is 0.271. The molecule has 1 aliphatic heterocycles. The smallest absolute Gasteiger partial charge is 0.141 e. The average Bonchev–Trinajstić information content (AvgIpc) is 2.74. The molecule has 3 rings (SSSR count). The van der Waals surface area contributed by atoms with Crippen molar-refractivity contribution in [1.29, 1.82) is 0 Å². The van der Waals surface area contributed by atoms with Gasteiger partial charge in [-0.2, -0.15) is 0 Å². The van der Waals surface area contributed by atoms with Gasteiger partial charge in [-0.25, -0.2) is 4.98 Å². The van der Waals surface area contributed by atoms with Crippen molar-refractivity contribution >= 4 is 5.82 Å². The molecule has 0 radical (unpaired) electrons. The van der Waals surface area contributed by atoms with Crippen LogP contribution in [0.5, 0.6) is 0 Å². The Labute approximate surface area is 100 Å². The highest BCUT2D eigenvalue weighted by atomic mass is 15.1. The minimum Gasteiger partial charge on any atom is -0.382 e. The lowest BCUT2D eigenvalue weighted by Crippen LogP contribution is -2.16. The van der Waals surface area contributed by atoms with E-state index in [2.05, 4.69) is 39.1 Å². The fourth-order valence-corrected chi connectivity index (χ4v) is 2.19. The molecule has 1 aliphatic rings. The number of rotatable bonds is 2. The minimum absolute atomic E-state index is 0.471. The first-order valence-electron chi connectivity index (χ1n) is 5.67. The number of fused-ring (bicyclic) bond motifs is 1. The van der Waals surface area contributed by atoms with Crippen LogP contribution in [0.3, 0.4) is 0 Å². The van der Waals surface area contributed by atoms with Gasteiger partial charge in [-0.15, -0.1) is 0 Å². The summed E-state index contributed by atoms with van der Waals surface area (Å²) in [4.78, 5) is 10.7. The summed E-state index contributed by atoms with van der Waals surface area (Å²) < 4.78 is 0. The van der Waals surface area contributed by atoms with Gasteiger partial charge in [-0.3, -0.25) is 9.88 Å². The van der Waals surface area contributed by atoms with E-state index in [1.807, 2.05) is 0 Å². The summed E-state index contributed by atoms with van der Waals surface area (Å²) in [5.74, 6) is 0.471. The van der Waals surface area contributed by atoms with E-state index >= 15 is 0 Å². The summed E-state index contributed by atoms with van der Waals surface area (Å²) in [5, 5.41) is 0. The molecule has 0 atom stereocenters. The molecule has 0 aliphatic carbocycles. The Bertz CT molecular complexity index is 496. The highest BCUT2D eigenvalue weighted by molar-refractivity contribution is 5.30. The molecular weight excluding hydrogens is 212 g/mol. The van der Waals surface area contributed by atoms with Crippen molar-refractivity contribution in [1.82, 2.24) is 14.9 Å². The third kappa shape index (κ3) is 2.12. The van der Waals surface area contributed by atoms with E-state index in [-0.39, 0.29) is 0 Å². The number of nitrogens with zero attached hydrogens (tertiary/aromatic N) is 3. The first-order valence-corrected chi connectivity index (χ1v) is 5.67.